The highest BCUT2D eigenvalue weighted by Gasteiger charge is 2.50. The van der Waals surface area contributed by atoms with E-state index < -0.39 is 67.3 Å². The van der Waals surface area contributed by atoms with Gasteiger partial charge < -0.3 is 39.0 Å². The third-order valence-electron chi connectivity index (χ3n) is 14.2. The van der Waals surface area contributed by atoms with E-state index in [-0.39, 0.29) is 25.9 Å². The molecule has 6 atom stereocenters. The molecule has 3 N–H and O–H groups in total. The second-order valence-electron chi connectivity index (χ2n) is 21.7. The number of carboxylic acid groups (broad SMARTS) is 1. The molecule has 1 heterocycles. The Morgan fingerprint density at radius 1 is 0.430 bits per heavy atom. The van der Waals surface area contributed by atoms with Crippen LogP contribution in [0.25, 0.3) is 0 Å². The average Bonchev–Trinajstić information content (AvgIpc) is 3.46. The number of carboxylic acids is 1. The van der Waals surface area contributed by atoms with Crippen molar-refractivity contribution in [2.45, 2.75) is 314 Å². The Labute approximate surface area is 480 Å². The summed E-state index contributed by atoms with van der Waals surface area (Å²) in [4.78, 5) is 51.3. The average molecular weight is 1110 g/mol. The fourth-order valence-electron chi connectivity index (χ4n) is 9.35. The van der Waals surface area contributed by atoms with Gasteiger partial charge in [0, 0.05) is 19.3 Å². The van der Waals surface area contributed by atoms with Gasteiger partial charge >= 0.3 is 23.9 Å². The first-order valence-corrected chi connectivity index (χ1v) is 31.9. The standard InChI is InChI=1S/C67H114O12/c1-4-7-10-13-16-19-22-25-28-30-33-35-38-41-44-47-50-53-59(68)75-56-58(77-60(69)54-51-48-45-42-39-37-34-31-29-26-23-20-17-14-11-8-5-2)57-76-67-65(63(72)62(71)64(79-67)66(73)74)78-61(70)55-52-49-46-43-40-36-32-27-24-21-18-15-12-9-6-3/h7,10,16,18-19,21,25-29,32,58,62-65,67,71-72H,4-6,8-9,11-15,17,20,22-24,30-31,33-57H2,1-3H3,(H,73,74)/b10-7-,19-16-,21-18-,28-25-,29-26-,32-27-. The van der Waals surface area contributed by atoms with Gasteiger partial charge in [-0.15, -0.1) is 0 Å². The predicted octanol–water partition coefficient (Wildman–Crippen LogP) is 16.9. The first-order valence-electron chi connectivity index (χ1n) is 31.9. The van der Waals surface area contributed by atoms with Crippen molar-refractivity contribution in [2.24, 2.45) is 0 Å². The highest BCUT2D eigenvalue weighted by Crippen LogP contribution is 2.26. The molecule has 12 heteroatoms. The van der Waals surface area contributed by atoms with Gasteiger partial charge in [-0.3, -0.25) is 14.4 Å². The number of hydrogen-bond acceptors (Lipinski definition) is 11. The summed E-state index contributed by atoms with van der Waals surface area (Å²) in [5.41, 5.74) is 0. The van der Waals surface area contributed by atoms with Gasteiger partial charge in [0.1, 0.15) is 18.8 Å². The lowest BCUT2D eigenvalue weighted by Gasteiger charge is -2.40. The van der Waals surface area contributed by atoms with E-state index in [1.54, 1.807) is 0 Å². The largest absolute Gasteiger partial charge is 0.479 e. The number of allylic oxidation sites excluding steroid dienone is 12. The molecule has 0 amide bonds. The quantitative estimate of drug-likeness (QED) is 0.0228. The Hall–Kier alpha value is -3.84. The lowest BCUT2D eigenvalue weighted by molar-refractivity contribution is -0.301. The van der Waals surface area contributed by atoms with Crippen molar-refractivity contribution < 1.29 is 58.2 Å². The molecular weight excluding hydrogens is 997 g/mol. The van der Waals surface area contributed by atoms with Crippen LogP contribution in [-0.2, 0) is 42.9 Å². The number of carbonyl (C=O) groups is 4. The Morgan fingerprint density at radius 3 is 1.25 bits per heavy atom. The molecule has 1 saturated heterocycles. The van der Waals surface area contributed by atoms with Crippen LogP contribution in [0.4, 0.5) is 0 Å². The Kier molecular flexibility index (Phi) is 50.7. The van der Waals surface area contributed by atoms with Crippen LogP contribution in [0.15, 0.2) is 72.9 Å². The summed E-state index contributed by atoms with van der Waals surface area (Å²) in [7, 11) is 0. The zero-order valence-electron chi connectivity index (χ0n) is 50.1. The molecule has 6 unspecified atom stereocenters. The van der Waals surface area contributed by atoms with Crippen LogP contribution in [-0.4, -0.2) is 89.2 Å². The Balaban J connectivity index is 2.68. The minimum Gasteiger partial charge on any atom is -0.479 e. The van der Waals surface area contributed by atoms with Crippen LogP contribution in [0, 0.1) is 0 Å². The maximum Gasteiger partial charge on any atom is 0.335 e. The van der Waals surface area contributed by atoms with Gasteiger partial charge in [0.25, 0.3) is 0 Å². The molecule has 12 nitrogen and oxygen atoms in total. The Bertz CT molecular complexity index is 1650. The second-order valence-corrected chi connectivity index (χ2v) is 21.7. The van der Waals surface area contributed by atoms with E-state index in [4.69, 9.17) is 23.7 Å². The molecule has 0 saturated carbocycles. The van der Waals surface area contributed by atoms with Crippen molar-refractivity contribution in [3.63, 3.8) is 0 Å². The number of aliphatic hydroxyl groups excluding tert-OH is 2. The number of rotatable bonds is 54. The van der Waals surface area contributed by atoms with Gasteiger partial charge in [0.2, 0.25) is 0 Å². The fourth-order valence-corrected chi connectivity index (χ4v) is 9.35. The van der Waals surface area contributed by atoms with E-state index in [2.05, 4.69) is 93.7 Å². The Morgan fingerprint density at radius 2 is 0.797 bits per heavy atom. The minimum absolute atomic E-state index is 0.0420. The first kappa shape index (κ1) is 73.2. The molecule has 0 radical (unpaired) electrons. The van der Waals surface area contributed by atoms with Gasteiger partial charge in [-0.25, -0.2) is 4.79 Å². The zero-order valence-corrected chi connectivity index (χ0v) is 50.1. The van der Waals surface area contributed by atoms with Gasteiger partial charge in [-0.2, -0.15) is 0 Å². The van der Waals surface area contributed by atoms with E-state index in [1.165, 1.54) is 83.5 Å². The SMILES string of the molecule is CC/C=C\C/C=C\C/C=C\CCCCCCCCCC(=O)OCC(COC1OC(C(=O)O)C(O)C(O)C1OC(=O)CCCCCCC/C=C\C/C=C\CCCCC)OC(=O)CCCCCCCCC/C=C\CCCCCCCC. The highest BCUT2D eigenvalue weighted by atomic mass is 16.7. The van der Waals surface area contributed by atoms with E-state index >= 15 is 0 Å². The maximum absolute atomic E-state index is 13.2. The van der Waals surface area contributed by atoms with Gasteiger partial charge in [-0.1, -0.05) is 222 Å². The molecule has 79 heavy (non-hydrogen) atoms. The summed E-state index contributed by atoms with van der Waals surface area (Å²) in [5, 5.41) is 31.6. The molecule has 0 aromatic rings. The number of esters is 3. The third-order valence-corrected chi connectivity index (χ3v) is 14.2. The smallest absolute Gasteiger partial charge is 0.335 e. The number of ether oxygens (including phenoxy) is 5. The van der Waals surface area contributed by atoms with E-state index in [9.17, 15) is 34.5 Å². The highest BCUT2D eigenvalue weighted by molar-refractivity contribution is 5.74. The number of aliphatic carboxylic acids is 1. The van der Waals surface area contributed by atoms with Crippen molar-refractivity contribution >= 4 is 23.9 Å². The molecule has 0 aliphatic carbocycles. The lowest BCUT2D eigenvalue weighted by Crippen LogP contribution is -2.61. The first-order chi connectivity index (χ1) is 38.6. The lowest BCUT2D eigenvalue weighted by atomic mass is 9.98. The second kappa shape index (κ2) is 54.7. The summed E-state index contributed by atoms with van der Waals surface area (Å²) >= 11 is 0. The molecule has 1 rings (SSSR count). The number of unbranched alkanes of at least 4 members (excludes halogenated alkanes) is 28. The normalized spacial score (nSPS) is 18.3. The van der Waals surface area contributed by atoms with Crippen LogP contribution in [0.2, 0.25) is 0 Å². The molecule has 454 valence electrons. The van der Waals surface area contributed by atoms with Crippen LogP contribution in [0.1, 0.15) is 278 Å². The van der Waals surface area contributed by atoms with Crippen molar-refractivity contribution in [1.82, 2.24) is 0 Å². The van der Waals surface area contributed by atoms with Crippen molar-refractivity contribution in [2.75, 3.05) is 13.2 Å². The number of aliphatic hydroxyl groups is 2. The molecule has 0 bridgehead atoms. The van der Waals surface area contributed by atoms with Gasteiger partial charge in [0.05, 0.1) is 6.61 Å². The molecular formula is C67H114O12. The van der Waals surface area contributed by atoms with Crippen LogP contribution in [0.3, 0.4) is 0 Å². The molecule has 0 spiro atoms. The van der Waals surface area contributed by atoms with Crippen molar-refractivity contribution in [3.05, 3.63) is 72.9 Å². The van der Waals surface area contributed by atoms with Crippen LogP contribution >= 0.6 is 0 Å². The minimum atomic E-state index is -1.91. The molecule has 1 aliphatic rings. The summed E-state index contributed by atoms with van der Waals surface area (Å²) in [6.45, 7) is 5.86. The van der Waals surface area contributed by atoms with Gasteiger partial charge in [-0.05, 0) is 109 Å². The molecule has 1 aliphatic heterocycles. The zero-order chi connectivity index (χ0) is 57.5. The van der Waals surface area contributed by atoms with Gasteiger partial charge in [0.15, 0.2) is 24.6 Å². The summed E-state index contributed by atoms with van der Waals surface area (Å²) < 4.78 is 28.5. The van der Waals surface area contributed by atoms with Crippen LogP contribution < -0.4 is 0 Å². The van der Waals surface area contributed by atoms with E-state index in [1.807, 2.05) is 0 Å². The third kappa shape index (κ3) is 44.5. The number of hydrogen-bond donors (Lipinski definition) is 3. The van der Waals surface area contributed by atoms with E-state index in [0.29, 0.717) is 19.3 Å². The maximum atomic E-state index is 13.2. The molecule has 0 aromatic heterocycles. The summed E-state index contributed by atoms with van der Waals surface area (Å²) in [6.07, 6.45) is 57.1. The molecule has 1 fully saturated rings. The van der Waals surface area contributed by atoms with Crippen LogP contribution in [0.5, 0.6) is 0 Å². The monoisotopic (exact) mass is 1110 g/mol. The van der Waals surface area contributed by atoms with E-state index in [0.717, 1.165) is 135 Å². The fraction of sp³-hybridized carbons (Fsp3) is 0.761. The predicted molar refractivity (Wildman–Crippen MR) is 322 cm³/mol. The summed E-state index contributed by atoms with van der Waals surface area (Å²) in [5.74, 6) is -3.14. The van der Waals surface area contributed by atoms with Crippen molar-refractivity contribution in [1.29, 1.82) is 0 Å². The molecule has 0 aromatic carbocycles. The number of carbonyl (C=O) groups excluding carboxylic acids is 3. The van der Waals surface area contributed by atoms with Crippen molar-refractivity contribution in [3.8, 4) is 0 Å². The topological polar surface area (TPSA) is 175 Å². The summed E-state index contributed by atoms with van der Waals surface area (Å²) in [6, 6.07) is 0.